The molecule has 3 aromatic rings. The highest BCUT2D eigenvalue weighted by molar-refractivity contribution is 7.19. The standard InChI is InChI=1S/C18H21N5O2S.ClH/c24-15(17-9-12-3-1-2-4-16(12)26-17)10-20-18(25)14-11-23(22-21-14)13-5-7-19-8-6-13;/h1-4,9,11,13,15,19,24H,5-8,10H2,(H,20,25);1H. The van der Waals surface area contributed by atoms with Crippen LogP contribution in [0.15, 0.2) is 36.5 Å². The maximum atomic E-state index is 12.3. The molecule has 27 heavy (non-hydrogen) atoms. The van der Waals surface area contributed by atoms with Crippen LogP contribution in [0, 0.1) is 0 Å². The van der Waals surface area contributed by atoms with Crippen molar-refractivity contribution in [1.82, 2.24) is 25.6 Å². The Labute approximate surface area is 167 Å². The maximum absolute atomic E-state index is 12.3. The Hall–Kier alpha value is -2.00. The van der Waals surface area contributed by atoms with Gasteiger partial charge in [-0.2, -0.15) is 0 Å². The number of hydrogen-bond donors (Lipinski definition) is 3. The summed E-state index contributed by atoms with van der Waals surface area (Å²) >= 11 is 1.54. The number of piperidine rings is 1. The third-order valence-corrected chi connectivity index (χ3v) is 5.87. The fourth-order valence-electron chi connectivity index (χ4n) is 3.18. The SMILES string of the molecule is Cl.O=C(NCC(O)c1cc2ccccc2s1)c1cn(C2CCNCC2)nn1. The summed E-state index contributed by atoms with van der Waals surface area (Å²) in [7, 11) is 0. The van der Waals surface area contributed by atoms with Gasteiger partial charge in [0.2, 0.25) is 0 Å². The predicted octanol–water partition coefficient (Wildman–Crippen LogP) is 2.30. The van der Waals surface area contributed by atoms with Gasteiger partial charge >= 0.3 is 0 Å². The lowest BCUT2D eigenvalue weighted by Crippen LogP contribution is -2.30. The van der Waals surface area contributed by atoms with E-state index < -0.39 is 6.10 Å². The Kier molecular flexibility index (Phi) is 6.43. The van der Waals surface area contributed by atoms with Crippen LogP contribution >= 0.6 is 23.7 Å². The molecule has 0 radical (unpaired) electrons. The topological polar surface area (TPSA) is 92.1 Å². The second-order valence-electron chi connectivity index (χ2n) is 6.48. The number of benzene rings is 1. The molecule has 1 aliphatic heterocycles. The highest BCUT2D eigenvalue weighted by Crippen LogP contribution is 2.29. The number of thiophene rings is 1. The highest BCUT2D eigenvalue weighted by atomic mass is 35.5. The van der Waals surface area contributed by atoms with Crippen molar-refractivity contribution in [2.24, 2.45) is 0 Å². The summed E-state index contributed by atoms with van der Waals surface area (Å²) < 4.78 is 2.90. The Bertz CT molecular complexity index is 873. The number of nitrogens with one attached hydrogen (secondary N) is 2. The third kappa shape index (κ3) is 4.47. The lowest BCUT2D eigenvalue weighted by atomic mass is 10.1. The zero-order valence-electron chi connectivity index (χ0n) is 14.7. The molecule has 1 atom stereocenters. The van der Waals surface area contributed by atoms with E-state index in [-0.39, 0.29) is 36.6 Å². The molecule has 2 aromatic heterocycles. The van der Waals surface area contributed by atoms with Crippen LogP contribution in [-0.4, -0.2) is 45.6 Å². The molecule has 1 aromatic carbocycles. The molecule has 3 N–H and O–H groups in total. The molecule has 144 valence electrons. The van der Waals surface area contributed by atoms with E-state index in [0.717, 1.165) is 40.9 Å². The van der Waals surface area contributed by atoms with Crippen LogP contribution in [0.25, 0.3) is 10.1 Å². The average molecular weight is 408 g/mol. The van der Waals surface area contributed by atoms with Gasteiger partial charge in [-0.05, 0) is 43.5 Å². The van der Waals surface area contributed by atoms with Gasteiger partial charge in [0, 0.05) is 16.1 Å². The van der Waals surface area contributed by atoms with Crippen LogP contribution in [0.3, 0.4) is 0 Å². The van der Waals surface area contributed by atoms with E-state index in [1.807, 2.05) is 30.3 Å². The van der Waals surface area contributed by atoms with Gasteiger partial charge in [-0.3, -0.25) is 4.79 Å². The summed E-state index contributed by atoms with van der Waals surface area (Å²) in [6, 6.07) is 10.2. The van der Waals surface area contributed by atoms with Gasteiger partial charge in [0.1, 0.15) is 6.10 Å². The molecule has 3 heterocycles. The van der Waals surface area contributed by atoms with E-state index in [1.165, 1.54) is 11.3 Å². The lowest BCUT2D eigenvalue weighted by Gasteiger charge is -2.22. The monoisotopic (exact) mass is 407 g/mol. The van der Waals surface area contributed by atoms with E-state index in [9.17, 15) is 9.90 Å². The molecule has 9 heteroatoms. The van der Waals surface area contributed by atoms with Crippen molar-refractivity contribution in [3.8, 4) is 0 Å². The van der Waals surface area contributed by atoms with Gasteiger partial charge in [-0.25, -0.2) is 4.68 Å². The summed E-state index contributed by atoms with van der Waals surface area (Å²) in [5, 5.41) is 25.6. The molecule has 4 rings (SSSR count). The second kappa shape index (κ2) is 8.79. The van der Waals surface area contributed by atoms with Gasteiger partial charge in [0.15, 0.2) is 5.69 Å². The molecular formula is C18H22ClN5O2S. The van der Waals surface area contributed by atoms with Gasteiger partial charge < -0.3 is 15.7 Å². The maximum Gasteiger partial charge on any atom is 0.273 e. The van der Waals surface area contributed by atoms with E-state index in [1.54, 1.807) is 10.9 Å². The van der Waals surface area contributed by atoms with Crippen molar-refractivity contribution in [3.63, 3.8) is 0 Å². The molecule has 0 aliphatic carbocycles. The van der Waals surface area contributed by atoms with Crippen LogP contribution in [-0.2, 0) is 0 Å². The van der Waals surface area contributed by atoms with Crippen molar-refractivity contribution in [3.05, 3.63) is 47.1 Å². The number of carbonyl (C=O) groups is 1. The second-order valence-corrected chi connectivity index (χ2v) is 7.59. The predicted molar refractivity (Wildman–Crippen MR) is 108 cm³/mol. The normalized spacial score (nSPS) is 16.0. The number of amides is 1. The van der Waals surface area contributed by atoms with Crippen molar-refractivity contribution >= 4 is 39.7 Å². The number of nitrogens with zero attached hydrogens (tertiary/aromatic N) is 3. The summed E-state index contributed by atoms with van der Waals surface area (Å²) in [5.41, 5.74) is 0.284. The Morgan fingerprint density at radius 3 is 2.93 bits per heavy atom. The van der Waals surface area contributed by atoms with Crippen LogP contribution in [0.1, 0.15) is 40.4 Å². The molecule has 1 saturated heterocycles. The molecule has 0 bridgehead atoms. The first kappa shape index (κ1) is 19.8. The fraction of sp³-hybridized carbons (Fsp3) is 0.389. The van der Waals surface area contributed by atoms with Crippen LogP contribution in [0.2, 0.25) is 0 Å². The van der Waals surface area contributed by atoms with E-state index in [0.29, 0.717) is 0 Å². The number of aliphatic hydroxyl groups excluding tert-OH is 1. The zero-order valence-corrected chi connectivity index (χ0v) is 16.3. The van der Waals surface area contributed by atoms with Crippen LogP contribution in [0.5, 0.6) is 0 Å². The Morgan fingerprint density at radius 1 is 1.37 bits per heavy atom. The van der Waals surface area contributed by atoms with Crippen molar-refractivity contribution in [1.29, 1.82) is 0 Å². The third-order valence-electron chi connectivity index (χ3n) is 4.65. The van der Waals surface area contributed by atoms with Crippen molar-refractivity contribution in [2.45, 2.75) is 25.0 Å². The largest absolute Gasteiger partial charge is 0.386 e. The zero-order chi connectivity index (χ0) is 17.9. The van der Waals surface area contributed by atoms with E-state index >= 15 is 0 Å². The molecular weight excluding hydrogens is 386 g/mol. The van der Waals surface area contributed by atoms with Gasteiger partial charge in [-0.1, -0.05) is 23.4 Å². The lowest BCUT2D eigenvalue weighted by molar-refractivity contribution is 0.0913. The van der Waals surface area contributed by atoms with Gasteiger partial charge in [0.05, 0.1) is 12.2 Å². The van der Waals surface area contributed by atoms with Gasteiger partial charge in [0.25, 0.3) is 5.91 Å². The minimum absolute atomic E-state index is 0. The van der Waals surface area contributed by atoms with Crippen LogP contribution in [0.4, 0.5) is 0 Å². The molecule has 1 fully saturated rings. The average Bonchev–Trinajstić information content (AvgIpc) is 3.33. The minimum Gasteiger partial charge on any atom is -0.386 e. The highest BCUT2D eigenvalue weighted by Gasteiger charge is 2.19. The minimum atomic E-state index is -0.740. The smallest absolute Gasteiger partial charge is 0.273 e. The van der Waals surface area contributed by atoms with Crippen molar-refractivity contribution in [2.75, 3.05) is 19.6 Å². The summed E-state index contributed by atoms with van der Waals surface area (Å²) in [6.07, 6.45) is 2.91. The van der Waals surface area contributed by atoms with E-state index in [2.05, 4.69) is 20.9 Å². The first-order chi connectivity index (χ1) is 12.7. The Morgan fingerprint density at radius 2 is 2.15 bits per heavy atom. The number of halogens is 1. The van der Waals surface area contributed by atoms with Crippen molar-refractivity contribution < 1.29 is 9.90 Å². The molecule has 1 aliphatic rings. The van der Waals surface area contributed by atoms with E-state index in [4.69, 9.17) is 0 Å². The Balaban J connectivity index is 0.00000210. The van der Waals surface area contributed by atoms with Crippen LogP contribution < -0.4 is 10.6 Å². The number of fused-ring (bicyclic) bond motifs is 1. The molecule has 0 saturated carbocycles. The summed E-state index contributed by atoms with van der Waals surface area (Å²) in [5.74, 6) is -0.314. The molecule has 0 spiro atoms. The number of hydrogen-bond acceptors (Lipinski definition) is 6. The quantitative estimate of drug-likeness (QED) is 0.603. The first-order valence-corrected chi connectivity index (χ1v) is 9.59. The first-order valence-electron chi connectivity index (χ1n) is 8.78. The number of carbonyl (C=O) groups excluding carboxylic acids is 1. The number of rotatable bonds is 5. The summed E-state index contributed by atoms with van der Waals surface area (Å²) in [4.78, 5) is 13.1. The molecule has 7 nitrogen and oxygen atoms in total. The fourth-order valence-corrected chi connectivity index (χ4v) is 4.23. The molecule has 1 unspecified atom stereocenters. The number of aliphatic hydroxyl groups is 1. The molecule has 1 amide bonds. The summed E-state index contributed by atoms with van der Waals surface area (Å²) in [6.45, 7) is 2.05. The van der Waals surface area contributed by atoms with Gasteiger partial charge in [-0.15, -0.1) is 28.8 Å². The number of aromatic nitrogens is 3.